The first kappa shape index (κ1) is 13.3. The average Bonchev–Trinajstić information content (AvgIpc) is 2.40. The molecule has 5 heteroatoms. The van der Waals surface area contributed by atoms with Gasteiger partial charge < -0.3 is 10.0 Å². The minimum Gasteiger partial charge on any atom is -0.481 e. The van der Waals surface area contributed by atoms with Gasteiger partial charge in [-0.15, -0.1) is 0 Å². The van der Waals surface area contributed by atoms with E-state index in [-0.39, 0.29) is 11.8 Å². The summed E-state index contributed by atoms with van der Waals surface area (Å²) < 4.78 is 0. The van der Waals surface area contributed by atoms with E-state index in [4.69, 9.17) is 5.11 Å². The minimum atomic E-state index is -0.731. The van der Waals surface area contributed by atoms with Crippen LogP contribution in [0.3, 0.4) is 0 Å². The van der Waals surface area contributed by atoms with Crippen molar-refractivity contribution >= 4 is 11.9 Å². The summed E-state index contributed by atoms with van der Waals surface area (Å²) in [6.45, 7) is 3.51. The van der Waals surface area contributed by atoms with Crippen LogP contribution in [0.2, 0.25) is 0 Å². The summed E-state index contributed by atoms with van der Waals surface area (Å²) in [5, 5.41) is 9.02. The van der Waals surface area contributed by atoms with Gasteiger partial charge in [-0.2, -0.15) is 0 Å². The monoisotopic (exact) mass is 254 g/mol. The van der Waals surface area contributed by atoms with E-state index >= 15 is 0 Å². The van der Waals surface area contributed by atoms with Gasteiger partial charge in [0.2, 0.25) is 5.91 Å². The van der Waals surface area contributed by atoms with Gasteiger partial charge in [-0.3, -0.25) is 14.5 Å². The van der Waals surface area contributed by atoms with Crippen molar-refractivity contribution in [2.45, 2.75) is 32.1 Å². The first-order chi connectivity index (χ1) is 8.66. The van der Waals surface area contributed by atoms with Crippen LogP contribution >= 0.6 is 0 Å². The molecule has 0 aromatic heterocycles. The summed E-state index contributed by atoms with van der Waals surface area (Å²) in [7, 11) is 0. The van der Waals surface area contributed by atoms with Crippen molar-refractivity contribution in [3.8, 4) is 0 Å². The summed E-state index contributed by atoms with van der Waals surface area (Å²) >= 11 is 0. The van der Waals surface area contributed by atoms with Gasteiger partial charge in [0.05, 0.1) is 12.5 Å². The molecule has 0 radical (unpaired) electrons. The lowest BCUT2D eigenvalue weighted by Crippen LogP contribution is -2.46. The van der Waals surface area contributed by atoms with Crippen LogP contribution in [0.15, 0.2) is 0 Å². The number of amides is 1. The molecule has 1 unspecified atom stereocenters. The highest BCUT2D eigenvalue weighted by Crippen LogP contribution is 2.17. The van der Waals surface area contributed by atoms with Crippen molar-refractivity contribution in [2.24, 2.45) is 5.92 Å². The first-order valence-electron chi connectivity index (χ1n) is 6.90. The fourth-order valence-corrected chi connectivity index (χ4v) is 2.84. The third-order valence-corrected chi connectivity index (χ3v) is 3.92. The Morgan fingerprint density at radius 3 is 2.44 bits per heavy atom. The lowest BCUT2D eigenvalue weighted by molar-refractivity contribution is -0.145. The van der Waals surface area contributed by atoms with Crippen LogP contribution in [0.4, 0.5) is 0 Å². The fraction of sp³-hybridized carbons (Fsp3) is 0.846. The maximum Gasteiger partial charge on any atom is 0.307 e. The van der Waals surface area contributed by atoms with Crippen molar-refractivity contribution in [1.29, 1.82) is 0 Å². The summed E-state index contributed by atoms with van der Waals surface area (Å²) in [5.41, 5.74) is 0. The zero-order chi connectivity index (χ0) is 13.0. The number of nitrogens with zero attached hydrogens (tertiary/aromatic N) is 2. The largest absolute Gasteiger partial charge is 0.481 e. The van der Waals surface area contributed by atoms with Gasteiger partial charge in [-0.25, -0.2) is 0 Å². The summed E-state index contributed by atoms with van der Waals surface area (Å²) in [6, 6.07) is 0. The van der Waals surface area contributed by atoms with Crippen molar-refractivity contribution in [2.75, 3.05) is 32.7 Å². The normalized spacial score (nSPS) is 26.0. The Labute approximate surface area is 108 Å². The molecule has 2 aliphatic rings. The van der Waals surface area contributed by atoms with E-state index in [1.807, 2.05) is 9.80 Å². The van der Waals surface area contributed by atoms with E-state index in [1.165, 1.54) is 6.42 Å². The summed E-state index contributed by atoms with van der Waals surface area (Å²) in [6.07, 6.45) is 5.04. The lowest BCUT2D eigenvalue weighted by atomic mass is 9.98. The molecule has 102 valence electrons. The van der Waals surface area contributed by atoms with E-state index in [0.29, 0.717) is 13.1 Å². The smallest absolute Gasteiger partial charge is 0.307 e. The number of carboxylic acid groups (broad SMARTS) is 1. The fourth-order valence-electron chi connectivity index (χ4n) is 2.84. The Bertz CT molecular complexity index is 313. The van der Waals surface area contributed by atoms with Crippen LogP contribution in [-0.2, 0) is 9.59 Å². The zero-order valence-corrected chi connectivity index (χ0v) is 10.8. The standard InChI is InChI=1S/C13H22N2O3/c16-12(15-7-2-1-3-8-15)10-14-6-4-5-11(9-14)13(17)18/h11H,1-10H2,(H,17,18). The van der Waals surface area contributed by atoms with Gasteiger partial charge in [-0.05, 0) is 38.6 Å². The number of carboxylic acids is 1. The number of rotatable bonds is 3. The Morgan fingerprint density at radius 1 is 1.06 bits per heavy atom. The minimum absolute atomic E-state index is 0.167. The van der Waals surface area contributed by atoms with Crippen LogP contribution in [0, 0.1) is 5.92 Å². The van der Waals surface area contributed by atoms with Crippen LogP contribution < -0.4 is 0 Å². The van der Waals surface area contributed by atoms with Crippen molar-refractivity contribution < 1.29 is 14.7 Å². The molecule has 2 fully saturated rings. The number of hydrogen-bond donors (Lipinski definition) is 1. The molecule has 0 bridgehead atoms. The molecule has 0 saturated carbocycles. The second-order valence-electron chi connectivity index (χ2n) is 5.35. The van der Waals surface area contributed by atoms with Crippen LogP contribution in [0.25, 0.3) is 0 Å². The number of carbonyl (C=O) groups excluding carboxylic acids is 1. The predicted octanol–water partition coefficient (Wildman–Crippen LogP) is 0.795. The highest BCUT2D eigenvalue weighted by Gasteiger charge is 2.27. The second-order valence-corrected chi connectivity index (χ2v) is 5.35. The Kier molecular flexibility index (Phi) is 4.58. The molecule has 0 aromatic rings. The van der Waals surface area contributed by atoms with Gasteiger partial charge in [0.15, 0.2) is 0 Å². The molecule has 2 saturated heterocycles. The van der Waals surface area contributed by atoms with Gasteiger partial charge in [0.1, 0.15) is 0 Å². The maximum absolute atomic E-state index is 12.1. The zero-order valence-electron chi connectivity index (χ0n) is 10.8. The Balaban J connectivity index is 1.81. The van der Waals surface area contributed by atoms with Crippen molar-refractivity contribution in [1.82, 2.24) is 9.80 Å². The lowest BCUT2D eigenvalue weighted by Gasteiger charge is -2.33. The molecule has 0 aromatic carbocycles. The molecule has 0 spiro atoms. The van der Waals surface area contributed by atoms with E-state index < -0.39 is 5.97 Å². The highest BCUT2D eigenvalue weighted by molar-refractivity contribution is 5.78. The summed E-state index contributed by atoms with van der Waals surface area (Å²) in [4.78, 5) is 27.0. The topological polar surface area (TPSA) is 60.9 Å². The van der Waals surface area contributed by atoms with Crippen molar-refractivity contribution in [3.63, 3.8) is 0 Å². The maximum atomic E-state index is 12.1. The van der Waals surface area contributed by atoms with E-state index in [1.54, 1.807) is 0 Å². The van der Waals surface area contributed by atoms with Crippen LogP contribution in [0.5, 0.6) is 0 Å². The highest BCUT2D eigenvalue weighted by atomic mass is 16.4. The molecule has 18 heavy (non-hydrogen) atoms. The molecule has 2 rings (SSSR count). The van der Waals surface area contributed by atoms with Crippen LogP contribution in [0.1, 0.15) is 32.1 Å². The van der Waals surface area contributed by atoms with E-state index in [2.05, 4.69) is 0 Å². The van der Waals surface area contributed by atoms with Crippen molar-refractivity contribution in [3.05, 3.63) is 0 Å². The molecular formula is C13H22N2O3. The summed E-state index contributed by atoms with van der Waals surface area (Å²) in [5.74, 6) is -0.862. The molecule has 1 atom stereocenters. The first-order valence-corrected chi connectivity index (χ1v) is 6.90. The quantitative estimate of drug-likeness (QED) is 0.809. The molecule has 2 aliphatic heterocycles. The number of carbonyl (C=O) groups is 2. The molecule has 0 aliphatic carbocycles. The van der Waals surface area contributed by atoms with Gasteiger partial charge in [0.25, 0.3) is 0 Å². The van der Waals surface area contributed by atoms with E-state index in [9.17, 15) is 9.59 Å². The molecular weight excluding hydrogens is 232 g/mol. The molecule has 5 nitrogen and oxygen atoms in total. The molecule has 2 heterocycles. The van der Waals surface area contributed by atoms with Crippen LogP contribution in [-0.4, -0.2) is 59.5 Å². The Hall–Kier alpha value is -1.10. The predicted molar refractivity (Wildman–Crippen MR) is 67.2 cm³/mol. The second kappa shape index (κ2) is 6.18. The molecule has 1 amide bonds. The Morgan fingerprint density at radius 2 is 1.78 bits per heavy atom. The van der Waals surface area contributed by atoms with E-state index in [0.717, 1.165) is 45.3 Å². The van der Waals surface area contributed by atoms with Gasteiger partial charge in [0, 0.05) is 19.6 Å². The van der Waals surface area contributed by atoms with Gasteiger partial charge >= 0.3 is 5.97 Å². The SMILES string of the molecule is O=C(O)C1CCCN(CC(=O)N2CCCCC2)C1. The third kappa shape index (κ3) is 3.45. The number of hydrogen-bond acceptors (Lipinski definition) is 3. The average molecular weight is 254 g/mol. The number of likely N-dealkylation sites (tertiary alicyclic amines) is 2. The molecule has 1 N–H and O–H groups in total. The number of aliphatic carboxylic acids is 1. The van der Waals surface area contributed by atoms with Gasteiger partial charge in [-0.1, -0.05) is 0 Å². The number of piperidine rings is 2. The third-order valence-electron chi connectivity index (χ3n) is 3.92.